The maximum Gasteiger partial charge on any atom is 0.202 e. The number of halogens is 3. The SMILES string of the molecule is CCc1nsc(NC2CCN(CC)C2c2cc(F)c(F)c(F)c2)n1. The van der Waals surface area contributed by atoms with E-state index in [9.17, 15) is 13.2 Å². The highest BCUT2D eigenvalue weighted by atomic mass is 32.1. The van der Waals surface area contributed by atoms with Gasteiger partial charge in [0.25, 0.3) is 0 Å². The second-order valence-electron chi connectivity index (χ2n) is 5.78. The molecular formula is C16H19F3N4S. The van der Waals surface area contributed by atoms with Crippen molar-refractivity contribution >= 4 is 16.7 Å². The fourth-order valence-electron chi connectivity index (χ4n) is 3.17. The van der Waals surface area contributed by atoms with Gasteiger partial charge in [0.2, 0.25) is 5.13 Å². The quantitative estimate of drug-likeness (QED) is 0.828. The van der Waals surface area contributed by atoms with Crippen LogP contribution < -0.4 is 5.32 Å². The Labute approximate surface area is 142 Å². The Morgan fingerprint density at radius 3 is 2.54 bits per heavy atom. The first-order valence-corrected chi connectivity index (χ1v) is 8.78. The second kappa shape index (κ2) is 7.06. The van der Waals surface area contributed by atoms with Gasteiger partial charge in [0, 0.05) is 30.5 Å². The van der Waals surface area contributed by atoms with Crippen molar-refractivity contribution in [1.29, 1.82) is 0 Å². The van der Waals surface area contributed by atoms with Crippen molar-refractivity contribution < 1.29 is 13.2 Å². The summed E-state index contributed by atoms with van der Waals surface area (Å²) in [4.78, 5) is 6.51. The van der Waals surface area contributed by atoms with Crippen molar-refractivity contribution in [2.24, 2.45) is 0 Å². The van der Waals surface area contributed by atoms with Gasteiger partial charge < -0.3 is 5.32 Å². The number of hydrogen-bond donors (Lipinski definition) is 1. The summed E-state index contributed by atoms with van der Waals surface area (Å²) in [6.45, 7) is 5.50. The fraction of sp³-hybridized carbons (Fsp3) is 0.500. The molecule has 2 unspecified atom stereocenters. The van der Waals surface area contributed by atoms with Crippen LogP contribution in [0.25, 0.3) is 0 Å². The molecule has 0 amide bonds. The molecule has 1 aromatic carbocycles. The van der Waals surface area contributed by atoms with Crippen molar-refractivity contribution in [1.82, 2.24) is 14.3 Å². The maximum atomic E-state index is 13.7. The minimum Gasteiger partial charge on any atom is -0.356 e. The van der Waals surface area contributed by atoms with Gasteiger partial charge in [-0.2, -0.15) is 4.37 Å². The van der Waals surface area contributed by atoms with Crippen LogP contribution in [0.4, 0.5) is 18.3 Å². The van der Waals surface area contributed by atoms with Crippen LogP contribution in [0, 0.1) is 17.5 Å². The molecule has 0 radical (unpaired) electrons. The fourth-order valence-corrected chi connectivity index (χ4v) is 3.88. The lowest BCUT2D eigenvalue weighted by atomic mass is 9.99. The molecule has 0 bridgehead atoms. The number of benzene rings is 1. The molecule has 1 aliphatic heterocycles. The predicted octanol–water partition coefficient (Wildman–Crippen LogP) is 3.77. The number of aromatic nitrogens is 2. The third kappa shape index (κ3) is 3.25. The summed E-state index contributed by atoms with van der Waals surface area (Å²) in [5.41, 5.74) is 0.434. The lowest BCUT2D eigenvalue weighted by Crippen LogP contribution is -2.31. The summed E-state index contributed by atoms with van der Waals surface area (Å²) in [6.07, 6.45) is 1.56. The van der Waals surface area contributed by atoms with Crippen LogP contribution >= 0.6 is 11.5 Å². The number of nitrogens with zero attached hydrogens (tertiary/aromatic N) is 3. The van der Waals surface area contributed by atoms with E-state index in [-0.39, 0.29) is 12.1 Å². The lowest BCUT2D eigenvalue weighted by Gasteiger charge is -2.28. The summed E-state index contributed by atoms with van der Waals surface area (Å²) in [7, 11) is 0. The third-order valence-electron chi connectivity index (χ3n) is 4.35. The molecule has 130 valence electrons. The molecule has 1 aromatic heterocycles. The largest absolute Gasteiger partial charge is 0.356 e. The van der Waals surface area contributed by atoms with Gasteiger partial charge in [0.1, 0.15) is 5.82 Å². The zero-order chi connectivity index (χ0) is 17.3. The number of nitrogens with one attached hydrogen (secondary N) is 1. The first-order chi connectivity index (χ1) is 11.5. The van der Waals surface area contributed by atoms with E-state index >= 15 is 0 Å². The van der Waals surface area contributed by atoms with Gasteiger partial charge in [-0.15, -0.1) is 0 Å². The Morgan fingerprint density at radius 1 is 1.25 bits per heavy atom. The summed E-state index contributed by atoms with van der Waals surface area (Å²) >= 11 is 1.28. The number of aryl methyl sites for hydroxylation is 1. The van der Waals surface area contributed by atoms with Crippen molar-refractivity contribution in [3.8, 4) is 0 Å². The van der Waals surface area contributed by atoms with Gasteiger partial charge in [-0.3, -0.25) is 4.90 Å². The summed E-state index contributed by atoms with van der Waals surface area (Å²) in [5, 5.41) is 4.02. The molecule has 8 heteroatoms. The Kier molecular flexibility index (Phi) is 5.05. The van der Waals surface area contributed by atoms with E-state index in [4.69, 9.17) is 0 Å². The first kappa shape index (κ1) is 17.2. The maximum absolute atomic E-state index is 13.7. The van der Waals surface area contributed by atoms with Gasteiger partial charge in [-0.25, -0.2) is 18.2 Å². The zero-order valence-electron chi connectivity index (χ0n) is 13.5. The topological polar surface area (TPSA) is 41.1 Å². The summed E-state index contributed by atoms with van der Waals surface area (Å²) in [6, 6.07) is 1.87. The Bertz CT molecular complexity index is 698. The van der Waals surface area contributed by atoms with Gasteiger partial charge in [-0.1, -0.05) is 13.8 Å². The highest BCUT2D eigenvalue weighted by Crippen LogP contribution is 2.35. The highest BCUT2D eigenvalue weighted by Gasteiger charge is 2.36. The predicted molar refractivity (Wildman–Crippen MR) is 87.6 cm³/mol. The van der Waals surface area contributed by atoms with E-state index in [0.29, 0.717) is 10.7 Å². The molecule has 0 spiro atoms. The van der Waals surface area contributed by atoms with E-state index in [1.165, 1.54) is 11.5 Å². The van der Waals surface area contributed by atoms with Crippen molar-refractivity contribution in [2.75, 3.05) is 18.4 Å². The van der Waals surface area contributed by atoms with Crippen LogP contribution in [0.3, 0.4) is 0 Å². The number of hydrogen-bond acceptors (Lipinski definition) is 5. The molecule has 1 aliphatic rings. The average Bonchev–Trinajstić information content (AvgIpc) is 3.19. The summed E-state index contributed by atoms with van der Waals surface area (Å²) < 4.78 is 44.8. The van der Waals surface area contributed by atoms with Crippen LogP contribution in [-0.2, 0) is 6.42 Å². The van der Waals surface area contributed by atoms with E-state index < -0.39 is 17.5 Å². The molecule has 1 N–H and O–H groups in total. The van der Waals surface area contributed by atoms with E-state index in [2.05, 4.69) is 19.6 Å². The molecular weight excluding hydrogens is 337 g/mol. The molecule has 24 heavy (non-hydrogen) atoms. The Balaban J connectivity index is 1.89. The molecule has 2 atom stereocenters. The second-order valence-corrected chi connectivity index (χ2v) is 6.53. The minimum atomic E-state index is -1.43. The van der Waals surface area contributed by atoms with Crippen LogP contribution in [0.1, 0.15) is 37.7 Å². The number of likely N-dealkylation sites (N-methyl/N-ethyl adjacent to an activating group) is 1. The normalized spacial score (nSPS) is 21.4. The van der Waals surface area contributed by atoms with Crippen LogP contribution in [-0.4, -0.2) is 33.4 Å². The van der Waals surface area contributed by atoms with Gasteiger partial charge in [0.15, 0.2) is 17.5 Å². The minimum absolute atomic E-state index is 0.0631. The smallest absolute Gasteiger partial charge is 0.202 e. The van der Waals surface area contributed by atoms with Crippen molar-refractivity contribution in [2.45, 2.75) is 38.8 Å². The van der Waals surface area contributed by atoms with Crippen molar-refractivity contribution in [3.63, 3.8) is 0 Å². The van der Waals surface area contributed by atoms with E-state index in [1.54, 1.807) is 0 Å². The standard InChI is InChI=1S/C16H19F3N4S/c1-3-13-21-16(24-22-13)20-12-5-6-23(4-2)15(12)9-7-10(17)14(19)11(18)8-9/h7-8,12,15H,3-6H2,1-2H3,(H,20,21,22). The van der Waals surface area contributed by atoms with Crippen LogP contribution in [0.5, 0.6) is 0 Å². The van der Waals surface area contributed by atoms with E-state index in [0.717, 1.165) is 43.9 Å². The first-order valence-electron chi connectivity index (χ1n) is 8.01. The average molecular weight is 356 g/mol. The van der Waals surface area contributed by atoms with Crippen LogP contribution in [0.2, 0.25) is 0 Å². The van der Waals surface area contributed by atoms with Gasteiger partial charge in [-0.05, 0) is 30.7 Å². The summed E-state index contributed by atoms with van der Waals surface area (Å²) in [5.74, 6) is -2.98. The van der Waals surface area contributed by atoms with Crippen molar-refractivity contribution in [3.05, 3.63) is 41.0 Å². The third-order valence-corrected chi connectivity index (χ3v) is 5.03. The monoisotopic (exact) mass is 356 g/mol. The van der Waals surface area contributed by atoms with Gasteiger partial charge in [0.05, 0.1) is 6.04 Å². The molecule has 1 saturated heterocycles. The van der Waals surface area contributed by atoms with Gasteiger partial charge >= 0.3 is 0 Å². The molecule has 0 aliphatic carbocycles. The highest BCUT2D eigenvalue weighted by molar-refractivity contribution is 7.09. The van der Waals surface area contributed by atoms with Crippen LogP contribution in [0.15, 0.2) is 12.1 Å². The molecule has 1 fully saturated rings. The lowest BCUT2D eigenvalue weighted by molar-refractivity contribution is 0.263. The molecule has 2 aromatic rings. The number of likely N-dealkylation sites (tertiary alicyclic amines) is 1. The van der Waals surface area contributed by atoms with E-state index in [1.807, 2.05) is 13.8 Å². The number of rotatable bonds is 5. The Morgan fingerprint density at radius 2 is 1.96 bits per heavy atom. The Hall–Kier alpha value is -1.67. The molecule has 4 nitrogen and oxygen atoms in total. The molecule has 3 rings (SSSR count). The zero-order valence-corrected chi connectivity index (χ0v) is 14.3. The number of anilines is 1. The molecule has 2 heterocycles. The molecule has 0 saturated carbocycles.